The number of benzene rings is 1. The molecule has 0 radical (unpaired) electrons. The summed E-state index contributed by atoms with van der Waals surface area (Å²) in [5.74, 6) is -0.769. The van der Waals surface area contributed by atoms with Gasteiger partial charge in [-0.3, -0.25) is 9.59 Å². The highest BCUT2D eigenvalue weighted by molar-refractivity contribution is 7.16. The molecule has 0 saturated carbocycles. The largest absolute Gasteiger partial charge is 0.451 e. The molecule has 1 unspecified atom stereocenters. The molecule has 1 N–H and O–H groups in total. The summed E-state index contributed by atoms with van der Waals surface area (Å²) in [6.07, 6.45) is 3.41. The number of aryl methyl sites for hydroxylation is 1. The topological polar surface area (TPSA) is 114 Å². The Bertz CT molecular complexity index is 1330. The second-order valence-corrected chi connectivity index (χ2v) is 9.32. The molecule has 0 spiro atoms. The van der Waals surface area contributed by atoms with Crippen LogP contribution < -0.4 is 10.9 Å². The second-order valence-electron chi connectivity index (χ2n) is 8.21. The predicted molar refractivity (Wildman–Crippen MR) is 125 cm³/mol. The first-order valence-corrected chi connectivity index (χ1v) is 11.8. The lowest BCUT2D eigenvalue weighted by Crippen LogP contribution is -2.27. The van der Waals surface area contributed by atoms with Crippen LogP contribution in [0.2, 0.25) is 0 Å². The molecule has 33 heavy (non-hydrogen) atoms. The highest BCUT2D eigenvalue weighted by Crippen LogP contribution is 2.39. The third-order valence-electron chi connectivity index (χ3n) is 5.71. The van der Waals surface area contributed by atoms with Gasteiger partial charge in [0.15, 0.2) is 12.3 Å². The second kappa shape index (κ2) is 9.55. The molecule has 0 saturated heterocycles. The highest BCUT2D eigenvalue weighted by atomic mass is 32.1. The minimum Gasteiger partial charge on any atom is -0.451 e. The molecule has 0 bridgehead atoms. The summed E-state index contributed by atoms with van der Waals surface area (Å²) in [5.41, 5.74) is 1.23. The average molecular weight is 465 g/mol. The Labute approximate surface area is 194 Å². The fourth-order valence-electron chi connectivity index (χ4n) is 4.07. The molecular formula is C24H24N4O4S. The van der Waals surface area contributed by atoms with Crippen molar-refractivity contribution < 1.29 is 14.3 Å². The number of ether oxygens (including phenoxy) is 1. The molecule has 1 amide bonds. The Kier molecular flexibility index (Phi) is 6.56. The fourth-order valence-corrected chi connectivity index (χ4v) is 5.45. The van der Waals surface area contributed by atoms with Gasteiger partial charge in [-0.05, 0) is 43.2 Å². The van der Waals surface area contributed by atoms with Gasteiger partial charge in [-0.1, -0.05) is 32.0 Å². The Balaban J connectivity index is 1.51. The normalized spacial score (nSPS) is 15.0. The Hall–Kier alpha value is -3.51. The van der Waals surface area contributed by atoms with E-state index in [0.717, 1.165) is 29.7 Å². The zero-order valence-electron chi connectivity index (χ0n) is 18.5. The number of esters is 1. The first kappa shape index (κ1) is 22.7. The molecule has 170 valence electrons. The van der Waals surface area contributed by atoms with E-state index in [4.69, 9.17) is 4.74 Å². The number of hydrogen-bond donors (Lipinski definition) is 1. The molecule has 0 aliphatic heterocycles. The van der Waals surface area contributed by atoms with Gasteiger partial charge in [-0.2, -0.15) is 10.4 Å². The summed E-state index contributed by atoms with van der Waals surface area (Å²) in [5, 5.41) is 17.7. The molecule has 2 aromatic heterocycles. The van der Waals surface area contributed by atoms with E-state index in [1.54, 1.807) is 24.3 Å². The van der Waals surface area contributed by atoms with E-state index >= 15 is 0 Å². The van der Waals surface area contributed by atoms with Crippen molar-refractivity contribution in [1.29, 1.82) is 5.26 Å². The number of aromatic nitrogens is 2. The van der Waals surface area contributed by atoms with Crippen LogP contribution in [0.3, 0.4) is 0 Å². The van der Waals surface area contributed by atoms with Gasteiger partial charge in [0.1, 0.15) is 11.1 Å². The summed E-state index contributed by atoms with van der Waals surface area (Å²) in [4.78, 5) is 39.0. The molecular weight excluding hydrogens is 440 g/mol. The molecule has 8 nitrogen and oxygen atoms in total. The average Bonchev–Trinajstić information content (AvgIpc) is 3.15. The Morgan fingerprint density at radius 2 is 2.09 bits per heavy atom. The van der Waals surface area contributed by atoms with Gasteiger partial charge < -0.3 is 10.1 Å². The van der Waals surface area contributed by atoms with Crippen LogP contribution in [0.1, 0.15) is 53.2 Å². The number of amides is 1. The fraction of sp³-hybridized carbons (Fsp3) is 0.375. The number of nitriles is 1. The maximum absolute atomic E-state index is 12.8. The zero-order valence-corrected chi connectivity index (χ0v) is 19.3. The lowest BCUT2D eigenvalue weighted by Gasteiger charge is -2.17. The smallest absolute Gasteiger partial charge is 0.359 e. The molecule has 1 aliphatic carbocycles. The molecule has 2 heterocycles. The minimum atomic E-state index is -0.786. The van der Waals surface area contributed by atoms with Crippen molar-refractivity contribution in [3.8, 4) is 6.07 Å². The van der Waals surface area contributed by atoms with Gasteiger partial charge in [-0.25, -0.2) is 9.48 Å². The quantitative estimate of drug-likeness (QED) is 0.557. The summed E-state index contributed by atoms with van der Waals surface area (Å²) in [6, 6.07) is 8.90. The monoisotopic (exact) mass is 464 g/mol. The van der Waals surface area contributed by atoms with Gasteiger partial charge in [-0.15, -0.1) is 11.3 Å². The molecule has 1 aromatic carbocycles. The van der Waals surface area contributed by atoms with Crippen molar-refractivity contribution in [1.82, 2.24) is 9.78 Å². The van der Waals surface area contributed by atoms with E-state index < -0.39 is 18.5 Å². The number of fused-ring (bicyclic) bond motifs is 2. The number of carbonyl (C=O) groups is 2. The SMILES string of the molecule is CCCn1nc(C(=O)OCC(=O)Nc2sc3c(c2C#N)CCC(C)C3)c2ccccc2c1=O. The van der Waals surface area contributed by atoms with Crippen LogP contribution in [0.15, 0.2) is 29.1 Å². The van der Waals surface area contributed by atoms with E-state index in [0.29, 0.717) is 40.2 Å². The molecule has 3 aromatic rings. The van der Waals surface area contributed by atoms with Crippen LogP contribution >= 0.6 is 11.3 Å². The van der Waals surface area contributed by atoms with E-state index in [1.807, 2.05) is 6.92 Å². The van der Waals surface area contributed by atoms with Crippen molar-refractivity contribution in [2.45, 2.75) is 46.1 Å². The van der Waals surface area contributed by atoms with Crippen LogP contribution in [0.25, 0.3) is 10.8 Å². The number of nitrogens with one attached hydrogen (secondary N) is 1. The van der Waals surface area contributed by atoms with E-state index in [1.165, 1.54) is 16.0 Å². The van der Waals surface area contributed by atoms with Gasteiger partial charge in [0.25, 0.3) is 11.5 Å². The number of carbonyl (C=O) groups excluding carboxylic acids is 2. The standard InChI is InChI=1S/C24H24N4O4S/c1-3-10-28-23(30)17-7-5-4-6-16(17)21(27-28)24(31)32-13-20(29)26-22-18(12-25)15-9-8-14(2)11-19(15)33-22/h4-7,14H,3,8-11,13H2,1-2H3,(H,26,29). The number of thiophene rings is 1. The van der Waals surface area contributed by atoms with Crippen molar-refractivity contribution in [3.05, 3.63) is 56.3 Å². The number of nitrogens with zero attached hydrogens (tertiary/aromatic N) is 3. The molecule has 0 fully saturated rings. The Morgan fingerprint density at radius 1 is 1.33 bits per heavy atom. The number of hydrogen-bond acceptors (Lipinski definition) is 7. The molecule has 4 rings (SSSR count). The number of anilines is 1. The van der Waals surface area contributed by atoms with Crippen molar-refractivity contribution in [2.24, 2.45) is 5.92 Å². The summed E-state index contributed by atoms with van der Waals surface area (Å²) in [6.45, 7) is 3.92. The van der Waals surface area contributed by atoms with E-state index in [-0.39, 0.29) is 11.3 Å². The highest BCUT2D eigenvalue weighted by Gasteiger charge is 2.25. The maximum Gasteiger partial charge on any atom is 0.359 e. The van der Waals surface area contributed by atoms with Gasteiger partial charge in [0, 0.05) is 16.8 Å². The van der Waals surface area contributed by atoms with Gasteiger partial charge in [0.2, 0.25) is 0 Å². The van der Waals surface area contributed by atoms with Crippen LogP contribution in [0.4, 0.5) is 5.00 Å². The maximum atomic E-state index is 12.8. The van der Waals surface area contributed by atoms with Crippen LogP contribution in [-0.4, -0.2) is 28.3 Å². The van der Waals surface area contributed by atoms with Crippen LogP contribution in [0, 0.1) is 17.2 Å². The molecule has 1 atom stereocenters. The van der Waals surface area contributed by atoms with Crippen molar-refractivity contribution in [3.63, 3.8) is 0 Å². The predicted octanol–water partition coefficient (Wildman–Crippen LogP) is 3.66. The van der Waals surface area contributed by atoms with E-state index in [2.05, 4.69) is 23.4 Å². The number of rotatable bonds is 6. The first-order valence-electron chi connectivity index (χ1n) is 10.9. The van der Waals surface area contributed by atoms with Crippen LogP contribution in [-0.2, 0) is 28.9 Å². The van der Waals surface area contributed by atoms with Crippen LogP contribution in [0.5, 0.6) is 0 Å². The van der Waals surface area contributed by atoms with Crippen molar-refractivity contribution in [2.75, 3.05) is 11.9 Å². The lowest BCUT2D eigenvalue weighted by atomic mass is 9.89. The lowest BCUT2D eigenvalue weighted by molar-refractivity contribution is -0.119. The minimum absolute atomic E-state index is 0.00950. The summed E-state index contributed by atoms with van der Waals surface area (Å²) in [7, 11) is 0. The third-order valence-corrected chi connectivity index (χ3v) is 6.88. The Morgan fingerprint density at radius 3 is 2.82 bits per heavy atom. The molecule has 1 aliphatic rings. The zero-order chi connectivity index (χ0) is 23.5. The van der Waals surface area contributed by atoms with Gasteiger partial charge >= 0.3 is 5.97 Å². The summed E-state index contributed by atoms with van der Waals surface area (Å²) >= 11 is 1.41. The third kappa shape index (κ3) is 4.52. The first-order chi connectivity index (χ1) is 15.9. The summed E-state index contributed by atoms with van der Waals surface area (Å²) < 4.78 is 6.47. The van der Waals surface area contributed by atoms with Crippen molar-refractivity contribution >= 4 is 39.0 Å². The van der Waals surface area contributed by atoms with E-state index in [9.17, 15) is 19.6 Å². The van der Waals surface area contributed by atoms with Gasteiger partial charge in [0.05, 0.1) is 10.9 Å². The molecule has 9 heteroatoms.